The van der Waals surface area contributed by atoms with E-state index in [2.05, 4.69) is 5.32 Å². The fraction of sp³-hybridized carbons (Fsp3) is 0.350. The molecule has 0 aliphatic carbocycles. The van der Waals surface area contributed by atoms with Crippen LogP contribution in [0.5, 0.6) is 5.75 Å². The molecule has 2 aliphatic heterocycles. The van der Waals surface area contributed by atoms with E-state index in [4.69, 9.17) is 14.2 Å². The van der Waals surface area contributed by atoms with Crippen LogP contribution in [0.25, 0.3) is 11.1 Å². The van der Waals surface area contributed by atoms with Crippen LogP contribution in [0.4, 0.5) is 10.1 Å². The summed E-state index contributed by atoms with van der Waals surface area (Å²) in [4.78, 5) is 14.5. The number of esters is 1. The quantitative estimate of drug-likeness (QED) is 0.732. The van der Waals surface area contributed by atoms with E-state index in [1.807, 2.05) is 23.1 Å². The van der Waals surface area contributed by atoms with E-state index in [1.54, 1.807) is 0 Å². The van der Waals surface area contributed by atoms with Crippen LogP contribution in [0.2, 0.25) is 0 Å². The second kappa shape index (κ2) is 10.1. The van der Waals surface area contributed by atoms with Crippen LogP contribution >= 0.6 is 24.8 Å². The summed E-state index contributed by atoms with van der Waals surface area (Å²) in [5.41, 5.74) is 3.25. The van der Waals surface area contributed by atoms with Crippen molar-refractivity contribution in [3.63, 3.8) is 0 Å². The second-order valence-electron chi connectivity index (χ2n) is 6.45. The molecule has 0 bridgehead atoms. The third kappa shape index (κ3) is 4.59. The molecule has 4 rings (SSSR count). The van der Waals surface area contributed by atoms with Crippen molar-refractivity contribution in [3.8, 4) is 16.9 Å². The lowest BCUT2D eigenvalue weighted by molar-refractivity contribution is 0.0600. The van der Waals surface area contributed by atoms with Gasteiger partial charge in [0.15, 0.2) is 0 Å². The number of para-hydroxylation sites is 1. The Labute approximate surface area is 181 Å². The zero-order valence-electron chi connectivity index (χ0n) is 15.9. The number of fused-ring (bicyclic) bond motifs is 1. The molecule has 1 N–H and O–H groups in total. The van der Waals surface area contributed by atoms with E-state index >= 15 is 0 Å². The largest absolute Gasteiger partial charge is 0.477 e. The average Bonchev–Trinajstić information content (AvgIpc) is 2.72. The number of anilines is 1. The lowest BCUT2D eigenvalue weighted by Gasteiger charge is -2.32. The van der Waals surface area contributed by atoms with Gasteiger partial charge in [-0.05, 0) is 12.1 Å². The number of carbonyl (C=O) groups excluding carboxylic acids is 1. The van der Waals surface area contributed by atoms with Crippen LogP contribution in [-0.2, 0) is 16.0 Å². The smallest absolute Gasteiger partial charge is 0.340 e. The van der Waals surface area contributed by atoms with E-state index < -0.39 is 11.8 Å². The summed E-state index contributed by atoms with van der Waals surface area (Å²) >= 11 is 0. The van der Waals surface area contributed by atoms with Crippen molar-refractivity contribution in [2.45, 2.75) is 6.54 Å². The van der Waals surface area contributed by atoms with Crippen LogP contribution in [0.15, 0.2) is 30.3 Å². The maximum absolute atomic E-state index is 14.5. The molecule has 158 valence electrons. The van der Waals surface area contributed by atoms with E-state index in [0.717, 1.165) is 11.1 Å². The summed E-state index contributed by atoms with van der Waals surface area (Å²) < 4.78 is 30.7. The second-order valence-corrected chi connectivity index (χ2v) is 6.45. The Bertz CT molecular complexity index is 876. The number of hydrogen-bond donors (Lipinski definition) is 1. The molecule has 0 atom stereocenters. The van der Waals surface area contributed by atoms with Gasteiger partial charge in [-0.3, -0.25) is 5.32 Å². The zero-order valence-corrected chi connectivity index (χ0v) is 17.5. The normalized spacial score (nSPS) is 15.3. The molecule has 2 aliphatic rings. The van der Waals surface area contributed by atoms with Gasteiger partial charge in [0, 0.05) is 36.3 Å². The van der Waals surface area contributed by atoms with Gasteiger partial charge < -0.3 is 19.1 Å². The Kier molecular flexibility index (Phi) is 8.10. The van der Waals surface area contributed by atoms with Crippen molar-refractivity contribution >= 4 is 36.5 Å². The fourth-order valence-corrected chi connectivity index (χ4v) is 3.61. The number of morpholine rings is 1. The number of ether oxygens (including phenoxy) is 3. The van der Waals surface area contributed by atoms with Gasteiger partial charge in [-0.1, -0.05) is 18.2 Å². The summed E-state index contributed by atoms with van der Waals surface area (Å²) in [6.07, 6.45) is 0. The van der Waals surface area contributed by atoms with E-state index in [9.17, 15) is 9.18 Å². The fourth-order valence-electron chi connectivity index (χ4n) is 3.61. The zero-order chi connectivity index (χ0) is 18.8. The molecule has 0 radical (unpaired) electrons. The summed E-state index contributed by atoms with van der Waals surface area (Å²) in [5.74, 6) is -0.342. The average molecular weight is 445 g/mol. The molecule has 0 saturated carbocycles. The van der Waals surface area contributed by atoms with Crippen LogP contribution < -0.4 is 15.0 Å². The Morgan fingerprint density at radius 3 is 2.66 bits per heavy atom. The molecule has 2 aromatic rings. The number of methoxy groups -OCH3 is 1. The first kappa shape index (κ1) is 23.2. The predicted molar refractivity (Wildman–Crippen MR) is 113 cm³/mol. The van der Waals surface area contributed by atoms with Crippen molar-refractivity contribution in [1.82, 2.24) is 5.32 Å². The van der Waals surface area contributed by atoms with Gasteiger partial charge in [-0.15, -0.1) is 24.8 Å². The first-order chi connectivity index (χ1) is 13.2. The first-order valence-corrected chi connectivity index (χ1v) is 8.89. The molecule has 0 aromatic heterocycles. The summed E-state index contributed by atoms with van der Waals surface area (Å²) in [7, 11) is 1.30. The van der Waals surface area contributed by atoms with Gasteiger partial charge in [-0.25, -0.2) is 9.18 Å². The minimum absolute atomic E-state index is 0. The third-order valence-electron chi connectivity index (χ3n) is 4.83. The van der Waals surface area contributed by atoms with Crippen molar-refractivity contribution < 1.29 is 23.4 Å². The van der Waals surface area contributed by atoms with E-state index in [1.165, 1.54) is 19.2 Å². The number of hydrogen-bond acceptors (Lipinski definition) is 6. The van der Waals surface area contributed by atoms with Gasteiger partial charge in [-0.2, -0.15) is 0 Å². The Hall–Kier alpha value is -2.06. The van der Waals surface area contributed by atoms with Crippen LogP contribution in [0.3, 0.4) is 0 Å². The van der Waals surface area contributed by atoms with Crippen molar-refractivity contribution in [1.29, 1.82) is 0 Å². The molecule has 9 heteroatoms. The molecular formula is C20H23Cl2FN2O4. The Balaban J connectivity index is 0.00000150. The molecule has 29 heavy (non-hydrogen) atoms. The Morgan fingerprint density at radius 1 is 1.17 bits per heavy atom. The number of benzene rings is 2. The highest BCUT2D eigenvalue weighted by Gasteiger charge is 2.27. The SMILES string of the molecule is COC(=O)c1cc(F)cc(-c2cccc3c2OCNC3)c1N1CCOCC1.Cl.Cl. The van der Waals surface area contributed by atoms with E-state index in [-0.39, 0.29) is 30.4 Å². The molecular weight excluding hydrogens is 422 g/mol. The van der Waals surface area contributed by atoms with Crippen LogP contribution in [0, 0.1) is 5.82 Å². The molecule has 2 heterocycles. The molecule has 0 unspecified atom stereocenters. The van der Waals surface area contributed by atoms with Crippen LogP contribution in [-0.4, -0.2) is 46.1 Å². The van der Waals surface area contributed by atoms with Gasteiger partial charge in [0.2, 0.25) is 0 Å². The summed E-state index contributed by atoms with van der Waals surface area (Å²) in [5, 5.41) is 3.15. The minimum atomic E-state index is -0.565. The third-order valence-corrected chi connectivity index (χ3v) is 4.83. The monoisotopic (exact) mass is 444 g/mol. The minimum Gasteiger partial charge on any atom is -0.477 e. The summed E-state index contributed by atoms with van der Waals surface area (Å²) in [6, 6.07) is 8.47. The number of halogens is 3. The molecule has 2 aromatic carbocycles. The number of nitrogens with one attached hydrogen (secondary N) is 1. The molecule has 1 fully saturated rings. The predicted octanol–water partition coefficient (Wildman–Crippen LogP) is 3.40. The topological polar surface area (TPSA) is 60.0 Å². The maximum atomic E-state index is 14.5. The van der Waals surface area contributed by atoms with Gasteiger partial charge >= 0.3 is 5.97 Å². The van der Waals surface area contributed by atoms with Gasteiger partial charge in [0.1, 0.15) is 18.3 Å². The van der Waals surface area contributed by atoms with Crippen molar-refractivity contribution in [3.05, 3.63) is 47.3 Å². The molecule has 1 saturated heterocycles. The standard InChI is InChI=1S/C20H21FN2O4.2ClH/c1-25-20(24)17-10-14(21)9-16(18(17)23-5-7-26-8-6-23)15-4-2-3-13-11-22-12-27-19(13)15;;/h2-4,9-10,22H,5-8,11-12H2,1H3;2*1H. The van der Waals surface area contributed by atoms with Crippen LogP contribution in [0.1, 0.15) is 15.9 Å². The summed E-state index contributed by atoms with van der Waals surface area (Å²) in [6.45, 7) is 3.38. The van der Waals surface area contributed by atoms with E-state index in [0.29, 0.717) is 56.6 Å². The first-order valence-electron chi connectivity index (χ1n) is 8.89. The number of nitrogens with zero attached hydrogens (tertiary/aromatic N) is 1. The highest BCUT2D eigenvalue weighted by atomic mass is 35.5. The number of rotatable bonds is 3. The molecule has 6 nitrogen and oxygen atoms in total. The highest BCUT2D eigenvalue weighted by molar-refractivity contribution is 6.01. The lowest BCUT2D eigenvalue weighted by atomic mass is 9.95. The van der Waals surface area contributed by atoms with Gasteiger partial charge in [0.05, 0.1) is 31.6 Å². The molecule has 0 spiro atoms. The Morgan fingerprint density at radius 2 is 1.93 bits per heavy atom. The van der Waals surface area contributed by atoms with Crippen molar-refractivity contribution in [2.75, 3.05) is 45.0 Å². The highest BCUT2D eigenvalue weighted by Crippen LogP contribution is 2.42. The lowest BCUT2D eigenvalue weighted by Crippen LogP contribution is -2.37. The van der Waals surface area contributed by atoms with Crippen molar-refractivity contribution in [2.24, 2.45) is 0 Å². The maximum Gasteiger partial charge on any atom is 0.340 e. The molecule has 0 amide bonds. The van der Waals surface area contributed by atoms with Gasteiger partial charge in [0.25, 0.3) is 0 Å². The number of carbonyl (C=O) groups is 1.